The maximum absolute atomic E-state index is 4.73. The number of rotatable bonds is 8. The predicted octanol–water partition coefficient (Wildman–Crippen LogP) is 13.8. The first-order valence-electron chi connectivity index (χ1n) is 17.9. The third kappa shape index (κ3) is 9.69. The van der Waals surface area contributed by atoms with Crippen LogP contribution in [0.5, 0.6) is 0 Å². The Morgan fingerprint density at radius 2 is 1.00 bits per heavy atom. The fourth-order valence-electron chi connectivity index (χ4n) is 6.41. The van der Waals surface area contributed by atoms with Gasteiger partial charge in [-0.3, -0.25) is 0 Å². The molecule has 1 nitrogen and oxygen atoms in total. The second-order valence-electron chi connectivity index (χ2n) is 12.2. The van der Waals surface area contributed by atoms with Crippen LogP contribution in [0.3, 0.4) is 0 Å². The van der Waals surface area contributed by atoms with Crippen LogP contribution >= 0.6 is 12.6 Å². The lowest BCUT2D eigenvalue weighted by molar-refractivity contribution is 1.45. The van der Waals surface area contributed by atoms with Crippen LogP contribution in [0.2, 0.25) is 0 Å². The van der Waals surface area contributed by atoms with Crippen molar-refractivity contribution in [2.24, 2.45) is 5.73 Å². The molecule has 262 valence electrons. The first-order chi connectivity index (χ1) is 26.1. The number of allylic oxidation sites excluding steroid dienone is 2. The molecule has 0 heterocycles. The first-order valence-corrected chi connectivity index (χ1v) is 18.4. The molecule has 0 fully saturated rings. The fraction of sp³-hybridized carbons (Fsp3) is 0.0588. The molecule has 0 saturated carbocycles. The van der Waals surface area contributed by atoms with Crippen LogP contribution < -0.4 is 5.73 Å². The van der Waals surface area contributed by atoms with E-state index in [2.05, 4.69) is 201 Å². The summed E-state index contributed by atoms with van der Waals surface area (Å²) in [6, 6.07) is 63.5. The van der Waals surface area contributed by atoms with Gasteiger partial charge in [-0.15, -0.1) is 12.6 Å². The van der Waals surface area contributed by atoms with Crippen LogP contribution in [-0.2, 0) is 0 Å². The second kappa shape index (κ2) is 19.6. The molecule has 0 aliphatic rings. The zero-order valence-electron chi connectivity index (χ0n) is 30.8. The summed E-state index contributed by atoms with van der Waals surface area (Å²) in [5.41, 5.74) is 19.8. The van der Waals surface area contributed by atoms with Crippen molar-refractivity contribution in [2.75, 3.05) is 7.05 Å². The Morgan fingerprint density at radius 1 is 0.491 bits per heavy atom. The van der Waals surface area contributed by atoms with Crippen molar-refractivity contribution in [1.82, 2.24) is 0 Å². The molecule has 0 amide bonds. The maximum atomic E-state index is 4.73. The van der Waals surface area contributed by atoms with Gasteiger partial charge < -0.3 is 5.73 Å². The molecule has 7 aromatic carbocycles. The van der Waals surface area contributed by atoms with E-state index in [0.29, 0.717) is 0 Å². The van der Waals surface area contributed by atoms with Gasteiger partial charge >= 0.3 is 0 Å². The van der Waals surface area contributed by atoms with E-state index in [0.717, 1.165) is 27.2 Å². The summed E-state index contributed by atoms with van der Waals surface area (Å²) < 4.78 is 0. The van der Waals surface area contributed by atoms with Gasteiger partial charge in [-0.25, -0.2) is 0 Å². The topological polar surface area (TPSA) is 26.0 Å². The van der Waals surface area contributed by atoms with Crippen molar-refractivity contribution in [3.8, 4) is 33.4 Å². The highest BCUT2D eigenvalue weighted by Gasteiger charge is 2.13. The lowest BCUT2D eigenvalue weighted by Crippen LogP contribution is -1.93. The Hall–Kier alpha value is -5.93. The molecule has 0 aromatic heterocycles. The van der Waals surface area contributed by atoms with Gasteiger partial charge in [0.2, 0.25) is 0 Å². The van der Waals surface area contributed by atoms with Crippen molar-refractivity contribution in [2.45, 2.75) is 18.7 Å². The Kier molecular flexibility index (Phi) is 14.2. The smallest absolute Gasteiger partial charge is 0.0119 e. The summed E-state index contributed by atoms with van der Waals surface area (Å²) in [6.07, 6.45) is 6.37. The van der Waals surface area contributed by atoms with Crippen molar-refractivity contribution in [3.05, 3.63) is 229 Å². The zero-order chi connectivity index (χ0) is 37.4. The molecular formula is C51H47NS. The Labute approximate surface area is 321 Å². The van der Waals surface area contributed by atoms with Gasteiger partial charge in [0.25, 0.3) is 0 Å². The highest BCUT2D eigenvalue weighted by atomic mass is 32.1. The minimum absolute atomic E-state index is 0.975. The number of hydrogen-bond donors (Lipinski definition) is 2. The lowest BCUT2D eigenvalue weighted by Gasteiger charge is -2.16. The normalized spacial score (nSPS) is 10.4. The molecule has 53 heavy (non-hydrogen) atoms. The Morgan fingerprint density at radius 3 is 1.62 bits per heavy atom. The van der Waals surface area contributed by atoms with E-state index in [4.69, 9.17) is 12.6 Å². The van der Waals surface area contributed by atoms with E-state index < -0.39 is 0 Å². The molecule has 0 aliphatic heterocycles. The molecule has 0 spiro atoms. The van der Waals surface area contributed by atoms with Gasteiger partial charge in [-0.1, -0.05) is 189 Å². The van der Waals surface area contributed by atoms with Crippen molar-refractivity contribution >= 4 is 29.9 Å². The number of hydrogen-bond acceptors (Lipinski definition) is 2. The molecule has 0 atom stereocenters. The monoisotopic (exact) mass is 705 g/mol. The van der Waals surface area contributed by atoms with Crippen LogP contribution in [0.1, 0.15) is 41.7 Å². The Balaban J connectivity index is 0.000000265. The minimum Gasteiger partial charge on any atom is -0.333 e. The van der Waals surface area contributed by atoms with E-state index in [-0.39, 0.29) is 0 Å². The van der Waals surface area contributed by atoms with Gasteiger partial charge in [0.05, 0.1) is 0 Å². The third-order valence-corrected chi connectivity index (χ3v) is 9.32. The molecule has 0 bridgehead atoms. The molecule has 0 unspecified atom stereocenters. The molecule has 2 N–H and O–H groups in total. The fourth-order valence-corrected chi connectivity index (χ4v) is 6.67. The predicted molar refractivity (Wildman–Crippen MR) is 235 cm³/mol. The summed E-state index contributed by atoms with van der Waals surface area (Å²) in [6.45, 7) is 8.64. The molecule has 0 saturated heterocycles. The average molecular weight is 706 g/mol. The van der Waals surface area contributed by atoms with E-state index in [1.54, 1.807) is 0 Å². The molecule has 0 radical (unpaired) electrons. The maximum Gasteiger partial charge on any atom is 0.0119 e. The largest absolute Gasteiger partial charge is 0.333 e. The molecule has 7 aromatic rings. The van der Waals surface area contributed by atoms with Gasteiger partial charge in [0.1, 0.15) is 0 Å². The first kappa shape index (κ1) is 38.3. The Bertz CT molecular complexity index is 2240. The molecular weight excluding hydrogens is 659 g/mol. The van der Waals surface area contributed by atoms with Gasteiger partial charge in [-0.05, 0) is 111 Å². The summed E-state index contributed by atoms with van der Waals surface area (Å²) in [5.74, 6) is 0. The summed E-state index contributed by atoms with van der Waals surface area (Å²) in [4.78, 5) is 0.975. The van der Waals surface area contributed by atoms with Crippen molar-refractivity contribution < 1.29 is 0 Å². The van der Waals surface area contributed by atoms with Crippen LogP contribution in [-0.4, -0.2) is 7.05 Å². The van der Waals surface area contributed by atoms with Crippen LogP contribution in [0.25, 0.3) is 50.6 Å². The third-order valence-electron chi connectivity index (χ3n) is 8.93. The van der Waals surface area contributed by atoms with Gasteiger partial charge in [0, 0.05) is 4.90 Å². The second-order valence-corrected chi connectivity index (χ2v) is 12.7. The van der Waals surface area contributed by atoms with Crippen LogP contribution in [0.15, 0.2) is 206 Å². The van der Waals surface area contributed by atoms with E-state index >= 15 is 0 Å². The number of nitrogens with two attached hydrogens (primary N) is 1. The van der Waals surface area contributed by atoms with E-state index in [1.807, 2.05) is 25.1 Å². The highest BCUT2D eigenvalue weighted by Crippen LogP contribution is 2.37. The number of thiol groups is 1. The van der Waals surface area contributed by atoms with E-state index in [1.165, 1.54) is 57.1 Å². The summed E-state index contributed by atoms with van der Waals surface area (Å²) >= 11 is 4.73. The van der Waals surface area contributed by atoms with Crippen LogP contribution in [0.4, 0.5) is 0 Å². The van der Waals surface area contributed by atoms with Gasteiger partial charge in [0.15, 0.2) is 0 Å². The molecule has 7 rings (SSSR count). The lowest BCUT2D eigenvalue weighted by atomic mass is 9.88. The van der Waals surface area contributed by atoms with Crippen molar-refractivity contribution in [1.29, 1.82) is 0 Å². The molecule has 0 aliphatic carbocycles. The average Bonchev–Trinajstić information content (AvgIpc) is 3.23. The summed E-state index contributed by atoms with van der Waals surface area (Å²) in [5, 5.41) is 0. The summed E-state index contributed by atoms with van der Waals surface area (Å²) in [7, 11) is 1.50. The zero-order valence-corrected chi connectivity index (χ0v) is 31.7. The minimum atomic E-state index is 0.975. The standard InChI is InChI=1S/C35H28S.C15H14.CH5N/c1-3-12-26-15-7-8-18-31(26)25(2)32-19-9-10-20-33(32)30-17-11-16-28(23-30)29-21-22-35(36)34(24-29)27-13-5-4-6-14-27;1-2-15(13-9-5-3-6-10-13)14-11-7-4-8-12-14;1-2/h3-24,36H,2H2,1H3;2-12H,1H3;2H2,1H3/b12-3-;;. The molecule has 2 heteroatoms. The van der Waals surface area contributed by atoms with Gasteiger partial charge in [-0.2, -0.15) is 0 Å². The number of benzene rings is 7. The van der Waals surface area contributed by atoms with Crippen molar-refractivity contribution in [3.63, 3.8) is 0 Å². The van der Waals surface area contributed by atoms with E-state index in [9.17, 15) is 0 Å². The highest BCUT2D eigenvalue weighted by molar-refractivity contribution is 7.80. The van der Waals surface area contributed by atoms with Crippen LogP contribution in [0, 0.1) is 0 Å². The quantitative estimate of drug-likeness (QED) is 0.151. The SMILES string of the molecule is C=C(c1ccccc1/C=C\C)c1ccccc1-c1cccc(-c2ccc(S)c(-c3ccccc3)c2)c1.CC=C(c1ccccc1)c1ccccc1.CN.